The summed E-state index contributed by atoms with van der Waals surface area (Å²) in [6, 6.07) is 0. The van der Waals surface area contributed by atoms with Gasteiger partial charge in [-0.1, -0.05) is 19.3 Å². The van der Waals surface area contributed by atoms with Crippen molar-refractivity contribution in [2.75, 3.05) is 6.61 Å². The molecule has 1 fully saturated rings. The Morgan fingerprint density at radius 1 is 1.10 bits per heavy atom. The molecule has 0 aliphatic heterocycles. The van der Waals surface area contributed by atoms with Crippen LogP contribution in [0.2, 0.25) is 0 Å². The molecule has 21 heavy (non-hydrogen) atoms. The number of alkyl halides is 4. The maximum absolute atomic E-state index is 13.8. The first-order chi connectivity index (χ1) is 9.67. The molecule has 0 saturated heterocycles. The Morgan fingerprint density at radius 3 is 2.19 bits per heavy atom. The van der Waals surface area contributed by atoms with E-state index in [4.69, 9.17) is 5.11 Å². The molecule has 4 nitrogen and oxygen atoms in total. The van der Waals surface area contributed by atoms with Crippen molar-refractivity contribution < 1.29 is 37.0 Å². The van der Waals surface area contributed by atoms with Gasteiger partial charge in [-0.15, -0.1) is 0 Å². The van der Waals surface area contributed by atoms with Gasteiger partial charge < -0.3 is 9.84 Å². The molecule has 0 aromatic carbocycles. The van der Waals surface area contributed by atoms with E-state index in [1.54, 1.807) is 0 Å². The number of aliphatic carboxylic acids is 1. The molecular formula is C13H16F4O4. The number of esters is 1. The van der Waals surface area contributed by atoms with Gasteiger partial charge in [-0.2, -0.15) is 17.6 Å². The van der Waals surface area contributed by atoms with Gasteiger partial charge in [-0.25, -0.2) is 9.59 Å². The summed E-state index contributed by atoms with van der Waals surface area (Å²) in [5, 5.41) is 8.23. The molecule has 0 heterocycles. The van der Waals surface area contributed by atoms with Crippen LogP contribution in [0.15, 0.2) is 12.2 Å². The molecule has 0 amide bonds. The zero-order valence-corrected chi connectivity index (χ0v) is 11.2. The standard InChI is InChI=1S/C13H16F4O4/c14-12(15,8-21-11(20)7-6-10(18)19)13(16,17)9-4-2-1-3-5-9/h6-7,9H,1-5,8H2,(H,18,19). The third-order valence-electron chi connectivity index (χ3n) is 3.36. The summed E-state index contributed by atoms with van der Waals surface area (Å²) < 4.78 is 58.8. The SMILES string of the molecule is O=C(O)C=CC(=O)OCC(F)(F)C(F)(F)C1CCCCC1. The van der Waals surface area contributed by atoms with Crippen molar-refractivity contribution in [3.63, 3.8) is 0 Å². The second-order valence-corrected chi connectivity index (χ2v) is 4.94. The van der Waals surface area contributed by atoms with Crippen LogP contribution in [0.4, 0.5) is 17.6 Å². The molecule has 0 aromatic heterocycles. The number of halogens is 4. The minimum absolute atomic E-state index is 0.00938. The van der Waals surface area contributed by atoms with Crippen LogP contribution in [-0.2, 0) is 14.3 Å². The summed E-state index contributed by atoms with van der Waals surface area (Å²) in [4.78, 5) is 21.1. The molecule has 0 spiro atoms. The minimum atomic E-state index is -4.48. The van der Waals surface area contributed by atoms with Crippen LogP contribution in [0, 0.1) is 5.92 Å². The lowest BCUT2D eigenvalue weighted by atomic mass is 9.82. The van der Waals surface area contributed by atoms with E-state index in [-0.39, 0.29) is 12.8 Å². The van der Waals surface area contributed by atoms with Gasteiger partial charge >= 0.3 is 23.8 Å². The fourth-order valence-electron chi connectivity index (χ4n) is 2.21. The summed E-state index contributed by atoms with van der Waals surface area (Å²) in [5.41, 5.74) is 0. The van der Waals surface area contributed by atoms with E-state index in [1.165, 1.54) is 0 Å². The van der Waals surface area contributed by atoms with E-state index in [1.807, 2.05) is 0 Å². The van der Waals surface area contributed by atoms with Gasteiger partial charge in [0.2, 0.25) is 0 Å². The normalized spacial score (nSPS) is 17.9. The highest BCUT2D eigenvalue weighted by molar-refractivity contribution is 5.90. The summed E-state index contributed by atoms with van der Waals surface area (Å²) in [6.45, 7) is -1.78. The Bertz CT molecular complexity index is 414. The van der Waals surface area contributed by atoms with Gasteiger partial charge in [-0.05, 0) is 12.8 Å². The number of carboxylic acid groups (broad SMARTS) is 1. The van der Waals surface area contributed by atoms with Crippen LogP contribution < -0.4 is 0 Å². The Balaban J connectivity index is 2.62. The molecule has 8 heteroatoms. The van der Waals surface area contributed by atoms with Crippen molar-refractivity contribution >= 4 is 11.9 Å². The molecule has 1 aliphatic rings. The molecule has 0 bridgehead atoms. The molecule has 0 atom stereocenters. The molecule has 1 aliphatic carbocycles. The third kappa shape index (κ3) is 4.71. The number of hydrogen-bond donors (Lipinski definition) is 1. The van der Waals surface area contributed by atoms with Crippen molar-refractivity contribution in [1.82, 2.24) is 0 Å². The van der Waals surface area contributed by atoms with Gasteiger partial charge in [-0.3, -0.25) is 0 Å². The van der Waals surface area contributed by atoms with Crippen molar-refractivity contribution in [1.29, 1.82) is 0 Å². The van der Waals surface area contributed by atoms with Gasteiger partial charge in [0.1, 0.15) is 0 Å². The van der Waals surface area contributed by atoms with Crippen LogP contribution in [0.25, 0.3) is 0 Å². The van der Waals surface area contributed by atoms with Gasteiger partial charge in [0.05, 0.1) is 0 Å². The van der Waals surface area contributed by atoms with Crippen LogP contribution >= 0.6 is 0 Å². The Morgan fingerprint density at radius 2 is 1.67 bits per heavy atom. The molecule has 1 rings (SSSR count). The smallest absolute Gasteiger partial charge is 0.343 e. The largest absolute Gasteiger partial charge is 0.478 e. The molecule has 1 saturated carbocycles. The molecule has 1 N–H and O–H groups in total. The van der Waals surface area contributed by atoms with E-state index in [9.17, 15) is 27.2 Å². The lowest BCUT2D eigenvalue weighted by Gasteiger charge is -2.34. The van der Waals surface area contributed by atoms with Gasteiger partial charge in [0.15, 0.2) is 6.61 Å². The molecule has 0 unspecified atom stereocenters. The van der Waals surface area contributed by atoms with E-state index < -0.39 is 36.3 Å². The maximum atomic E-state index is 13.8. The second kappa shape index (κ2) is 6.91. The maximum Gasteiger partial charge on any atom is 0.343 e. The van der Waals surface area contributed by atoms with Crippen LogP contribution in [0.3, 0.4) is 0 Å². The van der Waals surface area contributed by atoms with Gasteiger partial charge in [0, 0.05) is 18.1 Å². The number of hydrogen-bond acceptors (Lipinski definition) is 3. The lowest BCUT2D eigenvalue weighted by molar-refractivity contribution is -0.256. The van der Waals surface area contributed by atoms with Crippen LogP contribution in [0.5, 0.6) is 0 Å². The first-order valence-electron chi connectivity index (χ1n) is 6.50. The quantitative estimate of drug-likeness (QED) is 0.465. The predicted octanol–water partition coefficient (Wildman–Crippen LogP) is 3.02. The summed E-state index contributed by atoms with van der Waals surface area (Å²) in [5.74, 6) is -13.1. The Hall–Kier alpha value is -1.60. The first-order valence-corrected chi connectivity index (χ1v) is 6.50. The summed E-state index contributed by atoms with van der Waals surface area (Å²) in [7, 11) is 0. The summed E-state index contributed by atoms with van der Waals surface area (Å²) >= 11 is 0. The van der Waals surface area contributed by atoms with E-state index in [0.717, 1.165) is 6.42 Å². The Labute approximate surface area is 118 Å². The molecular weight excluding hydrogens is 296 g/mol. The monoisotopic (exact) mass is 312 g/mol. The van der Waals surface area contributed by atoms with Crippen molar-refractivity contribution in [2.45, 2.75) is 43.9 Å². The fourth-order valence-corrected chi connectivity index (χ4v) is 2.21. The zero-order chi connectivity index (χ0) is 16.1. The molecule has 0 aromatic rings. The number of carbonyl (C=O) groups is 2. The highest BCUT2D eigenvalue weighted by Gasteiger charge is 2.61. The first kappa shape index (κ1) is 17.5. The average molecular weight is 312 g/mol. The Kier molecular flexibility index (Phi) is 5.74. The van der Waals surface area contributed by atoms with Crippen molar-refractivity contribution in [2.24, 2.45) is 5.92 Å². The second-order valence-electron chi connectivity index (χ2n) is 4.94. The van der Waals surface area contributed by atoms with Crippen molar-refractivity contribution in [3.05, 3.63) is 12.2 Å². The van der Waals surface area contributed by atoms with Crippen LogP contribution in [0.1, 0.15) is 32.1 Å². The number of rotatable bonds is 6. The highest BCUT2D eigenvalue weighted by atomic mass is 19.3. The molecule has 120 valence electrons. The summed E-state index contributed by atoms with van der Waals surface area (Å²) in [6.07, 6.45) is 2.46. The third-order valence-corrected chi connectivity index (χ3v) is 3.36. The van der Waals surface area contributed by atoms with Crippen LogP contribution in [-0.4, -0.2) is 35.5 Å². The van der Waals surface area contributed by atoms with Gasteiger partial charge in [0.25, 0.3) is 0 Å². The lowest BCUT2D eigenvalue weighted by Crippen LogP contribution is -2.50. The van der Waals surface area contributed by atoms with Crippen molar-refractivity contribution in [3.8, 4) is 0 Å². The molecule has 0 radical (unpaired) electrons. The number of carbonyl (C=O) groups excluding carboxylic acids is 1. The fraction of sp³-hybridized carbons (Fsp3) is 0.692. The average Bonchev–Trinajstić information content (AvgIpc) is 2.43. The number of ether oxygens (including phenoxy) is 1. The van der Waals surface area contributed by atoms with E-state index in [2.05, 4.69) is 4.74 Å². The predicted molar refractivity (Wildman–Crippen MR) is 64.2 cm³/mol. The van der Waals surface area contributed by atoms with E-state index in [0.29, 0.717) is 25.0 Å². The highest BCUT2D eigenvalue weighted by Crippen LogP contribution is 2.46. The zero-order valence-electron chi connectivity index (χ0n) is 11.2. The topological polar surface area (TPSA) is 63.6 Å². The van der Waals surface area contributed by atoms with E-state index >= 15 is 0 Å². The number of carboxylic acids is 1. The minimum Gasteiger partial charge on any atom is -0.478 e.